The van der Waals surface area contributed by atoms with Gasteiger partial charge in [-0.2, -0.15) is 4.37 Å². The van der Waals surface area contributed by atoms with Gasteiger partial charge in [-0.05, 0) is 36.7 Å². The van der Waals surface area contributed by atoms with E-state index in [9.17, 15) is 14.0 Å². The van der Waals surface area contributed by atoms with Crippen LogP contribution >= 0.6 is 11.5 Å². The lowest BCUT2D eigenvalue weighted by molar-refractivity contribution is -0.119. The van der Waals surface area contributed by atoms with Crippen molar-refractivity contribution in [3.05, 3.63) is 35.3 Å². The third-order valence-corrected chi connectivity index (χ3v) is 4.06. The van der Waals surface area contributed by atoms with Crippen LogP contribution in [0.1, 0.15) is 16.1 Å². The summed E-state index contributed by atoms with van der Waals surface area (Å²) in [5.41, 5.74) is 11.6. The van der Waals surface area contributed by atoms with Crippen LogP contribution in [0.4, 0.5) is 20.8 Å². The highest BCUT2D eigenvalue weighted by Crippen LogP contribution is 2.29. The van der Waals surface area contributed by atoms with E-state index in [2.05, 4.69) is 15.0 Å². The van der Waals surface area contributed by atoms with E-state index >= 15 is 0 Å². The molecular weight excluding hydrogens is 349 g/mol. The van der Waals surface area contributed by atoms with Crippen LogP contribution in [0.25, 0.3) is 0 Å². The molecule has 0 unspecified atom stereocenters. The summed E-state index contributed by atoms with van der Waals surface area (Å²) < 4.78 is 23.3. The van der Waals surface area contributed by atoms with Crippen molar-refractivity contribution >= 4 is 39.7 Å². The normalized spacial score (nSPS) is 11.8. The van der Waals surface area contributed by atoms with Crippen molar-refractivity contribution in [2.45, 2.75) is 13.0 Å². The fourth-order valence-corrected chi connectivity index (χ4v) is 2.77. The third kappa shape index (κ3) is 4.64. The van der Waals surface area contributed by atoms with Gasteiger partial charge in [0.2, 0.25) is 5.91 Å². The second kappa shape index (κ2) is 7.90. The number of primary amides is 2. The number of carbonyl (C=O) groups is 2. The molecule has 0 fully saturated rings. The first-order valence-corrected chi connectivity index (χ1v) is 7.97. The molecule has 6 N–H and O–H groups in total. The van der Waals surface area contributed by atoms with Gasteiger partial charge in [0, 0.05) is 7.11 Å². The average Bonchev–Trinajstić information content (AvgIpc) is 2.94. The topological polar surface area (TPSA) is 132 Å². The quantitative estimate of drug-likeness (QED) is 0.557. The Morgan fingerprint density at radius 3 is 2.56 bits per heavy atom. The predicted molar refractivity (Wildman–Crippen MR) is 93.5 cm³/mol. The van der Waals surface area contributed by atoms with Crippen LogP contribution in [0.5, 0.6) is 0 Å². The number of amides is 2. The number of ether oxygens (including phenoxy) is 1. The third-order valence-electron chi connectivity index (χ3n) is 3.27. The molecule has 25 heavy (non-hydrogen) atoms. The monoisotopic (exact) mass is 367 g/mol. The number of benzene rings is 1. The van der Waals surface area contributed by atoms with Crippen molar-refractivity contribution in [3.63, 3.8) is 0 Å². The van der Waals surface area contributed by atoms with Gasteiger partial charge in [-0.1, -0.05) is 0 Å². The fourth-order valence-electron chi connectivity index (χ4n) is 2.10. The Hall–Kier alpha value is -2.72. The zero-order valence-electron chi connectivity index (χ0n) is 13.6. The number of rotatable bonds is 8. The molecule has 134 valence electrons. The SMILES string of the molecule is COC[C@@H](Nc1cc(Nc2cc(C)ns2)c(C(N)=O)cc1F)C(N)=O. The number of aromatic nitrogens is 1. The summed E-state index contributed by atoms with van der Waals surface area (Å²) >= 11 is 1.18. The first-order valence-electron chi connectivity index (χ1n) is 7.20. The first kappa shape index (κ1) is 18.6. The van der Waals surface area contributed by atoms with Gasteiger partial charge in [-0.3, -0.25) is 9.59 Å². The average molecular weight is 367 g/mol. The summed E-state index contributed by atoms with van der Waals surface area (Å²) in [6.45, 7) is 1.78. The van der Waals surface area contributed by atoms with Crippen molar-refractivity contribution in [1.82, 2.24) is 4.37 Å². The molecule has 1 aromatic carbocycles. The lowest BCUT2D eigenvalue weighted by atomic mass is 10.1. The number of aryl methyl sites for hydroxylation is 1. The summed E-state index contributed by atoms with van der Waals surface area (Å²) in [5, 5.41) is 6.30. The van der Waals surface area contributed by atoms with E-state index in [-0.39, 0.29) is 23.5 Å². The van der Waals surface area contributed by atoms with E-state index in [0.29, 0.717) is 5.00 Å². The van der Waals surface area contributed by atoms with Crippen molar-refractivity contribution in [2.24, 2.45) is 11.5 Å². The minimum absolute atomic E-state index is 0.0189. The van der Waals surface area contributed by atoms with Crippen LogP contribution in [-0.4, -0.2) is 35.9 Å². The number of anilines is 3. The summed E-state index contributed by atoms with van der Waals surface area (Å²) in [4.78, 5) is 23.0. The first-order chi connectivity index (χ1) is 11.8. The van der Waals surface area contributed by atoms with Crippen LogP contribution in [0.3, 0.4) is 0 Å². The standard InChI is InChI=1S/C15H18FN5O3S/c1-7-3-13(25-21-7)20-10-5-11(9(16)4-8(10)14(17)22)19-12(6-24-2)15(18)23/h3-5,12,19-20H,6H2,1-2H3,(H2,17,22)(H2,18,23)/t12-/m1/s1. The zero-order chi connectivity index (χ0) is 18.6. The van der Waals surface area contributed by atoms with Gasteiger partial charge in [-0.15, -0.1) is 0 Å². The lowest BCUT2D eigenvalue weighted by Crippen LogP contribution is -2.39. The predicted octanol–water partition coefficient (Wildman–Crippen LogP) is 1.35. The van der Waals surface area contributed by atoms with Crippen molar-refractivity contribution in [2.75, 3.05) is 24.4 Å². The highest BCUT2D eigenvalue weighted by atomic mass is 32.1. The van der Waals surface area contributed by atoms with Crippen molar-refractivity contribution < 1.29 is 18.7 Å². The molecule has 0 aliphatic rings. The second-order valence-electron chi connectivity index (χ2n) is 5.25. The van der Waals surface area contributed by atoms with Gasteiger partial charge in [0.15, 0.2) is 0 Å². The number of methoxy groups -OCH3 is 1. The van der Waals surface area contributed by atoms with E-state index in [1.165, 1.54) is 24.7 Å². The summed E-state index contributed by atoms with van der Waals surface area (Å²) in [7, 11) is 1.39. The Kier molecular flexibility index (Phi) is 5.88. The van der Waals surface area contributed by atoms with E-state index in [4.69, 9.17) is 16.2 Å². The molecular formula is C15H18FN5O3S. The Bertz CT molecular complexity index is 795. The molecule has 0 aliphatic heterocycles. The van der Waals surface area contributed by atoms with Gasteiger partial charge >= 0.3 is 0 Å². The molecule has 0 saturated heterocycles. The number of nitrogens with one attached hydrogen (secondary N) is 2. The number of carbonyl (C=O) groups excluding carboxylic acids is 2. The van der Waals surface area contributed by atoms with E-state index in [1.54, 1.807) is 6.07 Å². The number of nitrogens with two attached hydrogens (primary N) is 2. The molecule has 0 spiro atoms. The summed E-state index contributed by atoms with van der Waals surface area (Å²) in [6, 6.07) is 3.17. The highest BCUT2D eigenvalue weighted by Gasteiger charge is 2.20. The molecule has 8 nitrogen and oxygen atoms in total. The van der Waals surface area contributed by atoms with E-state index in [1.807, 2.05) is 6.92 Å². The molecule has 1 atom stereocenters. The number of hydrogen-bond acceptors (Lipinski definition) is 7. The van der Waals surface area contributed by atoms with Crippen LogP contribution in [0, 0.1) is 12.7 Å². The minimum atomic E-state index is -0.933. The van der Waals surface area contributed by atoms with Gasteiger partial charge in [0.05, 0.1) is 29.2 Å². The molecule has 10 heteroatoms. The molecule has 0 radical (unpaired) electrons. The van der Waals surface area contributed by atoms with Gasteiger partial charge in [0.1, 0.15) is 16.9 Å². The molecule has 0 saturated carbocycles. The van der Waals surface area contributed by atoms with Crippen LogP contribution < -0.4 is 22.1 Å². The summed E-state index contributed by atoms with van der Waals surface area (Å²) in [5.74, 6) is -2.24. The molecule has 2 rings (SSSR count). The fraction of sp³-hybridized carbons (Fsp3) is 0.267. The van der Waals surface area contributed by atoms with Gasteiger partial charge in [-0.25, -0.2) is 4.39 Å². The van der Waals surface area contributed by atoms with E-state index in [0.717, 1.165) is 11.8 Å². The second-order valence-corrected chi connectivity index (χ2v) is 6.06. The molecule has 1 aromatic heterocycles. The Morgan fingerprint density at radius 2 is 2.04 bits per heavy atom. The Labute approximate surface area is 147 Å². The van der Waals surface area contributed by atoms with Crippen LogP contribution in [-0.2, 0) is 9.53 Å². The van der Waals surface area contributed by atoms with Crippen LogP contribution in [0.15, 0.2) is 18.2 Å². The van der Waals surface area contributed by atoms with Crippen molar-refractivity contribution in [1.29, 1.82) is 0 Å². The minimum Gasteiger partial charge on any atom is -0.382 e. The number of halogens is 1. The molecule has 0 aliphatic carbocycles. The molecule has 2 amide bonds. The molecule has 2 aromatic rings. The van der Waals surface area contributed by atoms with Gasteiger partial charge in [0.25, 0.3) is 5.91 Å². The lowest BCUT2D eigenvalue weighted by Gasteiger charge is -2.18. The smallest absolute Gasteiger partial charge is 0.250 e. The van der Waals surface area contributed by atoms with Crippen LogP contribution in [0.2, 0.25) is 0 Å². The van der Waals surface area contributed by atoms with Gasteiger partial charge < -0.3 is 26.8 Å². The highest BCUT2D eigenvalue weighted by molar-refractivity contribution is 7.10. The number of hydrogen-bond donors (Lipinski definition) is 4. The molecule has 1 heterocycles. The maximum absolute atomic E-state index is 14.3. The Morgan fingerprint density at radius 1 is 1.32 bits per heavy atom. The number of nitrogens with zero attached hydrogens (tertiary/aromatic N) is 1. The van der Waals surface area contributed by atoms with Crippen molar-refractivity contribution in [3.8, 4) is 0 Å². The van der Waals surface area contributed by atoms with E-state index < -0.39 is 23.7 Å². The maximum Gasteiger partial charge on any atom is 0.250 e. The maximum atomic E-state index is 14.3. The summed E-state index contributed by atoms with van der Waals surface area (Å²) in [6.07, 6.45) is 0. The largest absolute Gasteiger partial charge is 0.382 e. The molecule has 0 bridgehead atoms. The zero-order valence-corrected chi connectivity index (χ0v) is 14.4. The Balaban J connectivity index is 2.39.